The second-order valence-electron chi connectivity index (χ2n) is 5.48. The maximum Gasteiger partial charge on any atom is 0.0897 e. The molecule has 0 saturated carbocycles. The van der Waals surface area contributed by atoms with E-state index in [1.165, 1.54) is 12.8 Å². The Bertz CT molecular complexity index is 387. The van der Waals surface area contributed by atoms with E-state index in [1.807, 2.05) is 6.92 Å². The predicted molar refractivity (Wildman–Crippen MR) is 76.1 cm³/mol. The molecule has 1 fully saturated rings. The van der Waals surface area contributed by atoms with Crippen molar-refractivity contribution in [1.29, 1.82) is 0 Å². The number of likely N-dealkylation sites (tertiary alicyclic amines) is 1. The molecule has 1 aromatic heterocycles. The third kappa shape index (κ3) is 2.76. The fourth-order valence-electron chi connectivity index (χ4n) is 2.82. The first kappa shape index (κ1) is 14.0. The molecule has 0 radical (unpaired) electrons. The Hall–Kier alpha value is -0.450. The molecule has 1 aromatic rings. The molecule has 18 heavy (non-hydrogen) atoms. The molecule has 2 atom stereocenters. The Labute approximate surface area is 114 Å². The molecular formula is C14H24N2OS. The number of aryl methyl sites for hydroxylation is 1. The van der Waals surface area contributed by atoms with Gasteiger partial charge in [0.15, 0.2) is 0 Å². The van der Waals surface area contributed by atoms with E-state index in [2.05, 4.69) is 29.1 Å². The molecule has 2 heterocycles. The van der Waals surface area contributed by atoms with Gasteiger partial charge in [-0.15, -0.1) is 11.3 Å². The molecule has 2 rings (SSSR count). The summed E-state index contributed by atoms with van der Waals surface area (Å²) >= 11 is 1.66. The van der Waals surface area contributed by atoms with Crippen LogP contribution in [-0.4, -0.2) is 39.7 Å². The smallest absolute Gasteiger partial charge is 0.0897 e. The van der Waals surface area contributed by atoms with Crippen LogP contribution < -0.4 is 0 Å². The normalized spacial score (nSPS) is 22.0. The Kier molecular flexibility index (Phi) is 4.41. The highest BCUT2D eigenvalue weighted by Crippen LogP contribution is 2.29. The number of aliphatic hydroxyl groups is 1. The third-order valence-electron chi connectivity index (χ3n) is 4.33. The SMILES string of the molecule is CCC(C)(C(O)Cc1csc(C)n1)N1CCCC1. The largest absolute Gasteiger partial charge is 0.391 e. The van der Waals surface area contributed by atoms with Crippen molar-refractivity contribution in [3.8, 4) is 0 Å². The molecule has 0 aliphatic carbocycles. The van der Waals surface area contributed by atoms with Crippen LogP contribution in [0.5, 0.6) is 0 Å². The number of nitrogens with zero attached hydrogens (tertiary/aromatic N) is 2. The minimum absolute atomic E-state index is 0.103. The van der Waals surface area contributed by atoms with Crippen LogP contribution in [0.4, 0.5) is 0 Å². The van der Waals surface area contributed by atoms with Gasteiger partial charge in [-0.1, -0.05) is 6.92 Å². The van der Waals surface area contributed by atoms with E-state index in [4.69, 9.17) is 0 Å². The van der Waals surface area contributed by atoms with Crippen LogP contribution in [0.15, 0.2) is 5.38 Å². The number of aromatic nitrogens is 1. The highest BCUT2D eigenvalue weighted by Gasteiger charge is 2.38. The van der Waals surface area contributed by atoms with E-state index < -0.39 is 0 Å². The molecule has 1 aliphatic heterocycles. The van der Waals surface area contributed by atoms with Crippen molar-refractivity contribution < 1.29 is 5.11 Å². The van der Waals surface area contributed by atoms with Crippen LogP contribution in [0.3, 0.4) is 0 Å². The molecule has 2 unspecified atom stereocenters. The average Bonchev–Trinajstić information content (AvgIpc) is 2.99. The van der Waals surface area contributed by atoms with Crippen molar-refractivity contribution in [2.75, 3.05) is 13.1 Å². The first-order valence-electron chi connectivity index (χ1n) is 6.90. The molecule has 102 valence electrons. The second-order valence-corrected chi connectivity index (χ2v) is 6.54. The molecule has 0 amide bonds. The van der Waals surface area contributed by atoms with Gasteiger partial charge in [0.2, 0.25) is 0 Å². The lowest BCUT2D eigenvalue weighted by Gasteiger charge is -2.42. The number of hydrogen-bond donors (Lipinski definition) is 1. The van der Waals surface area contributed by atoms with Gasteiger partial charge < -0.3 is 5.11 Å². The standard InChI is InChI=1S/C14H24N2OS/c1-4-14(3,16-7-5-6-8-16)13(17)9-12-10-18-11(2)15-12/h10,13,17H,4-9H2,1-3H3. The van der Waals surface area contributed by atoms with Gasteiger partial charge in [-0.05, 0) is 46.2 Å². The summed E-state index contributed by atoms with van der Waals surface area (Å²) in [6.45, 7) is 8.63. The maximum atomic E-state index is 10.6. The second kappa shape index (κ2) is 5.68. The van der Waals surface area contributed by atoms with Crippen molar-refractivity contribution in [1.82, 2.24) is 9.88 Å². The van der Waals surface area contributed by atoms with Crippen molar-refractivity contribution >= 4 is 11.3 Å². The summed E-state index contributed by atoms with van der Waals surface area (Å²) in [7, 11) is 0. The third-order valence-corrected chi connectivity index (χ3v) is 5.15. The van der Waals surface area contributed by atoms with Crippen molar-refractivity contribution in [2.45, 2.75) is 58.1 Å². The Balaban J connectivity index is 2.06. The number of aliphatic hydroxyl groups excluding tert-OH is 1. The fourth-order valence-corrected chi connectivity index (χ4v) is 3.44. The Morgan fingerprint density at radius 3 is 2.67 bits per heavy atom. The van der Waals surface area contributed by atoms with Crippen LogP contribution in [0, 0.1) is 6.92 Å². The van der Waals surface area contributed by atoms with Crippen LogP contribution in [0.1, 0.15) is 43.8 Å². The van der Waals surface area contributed by atoms with Gasteiger partial charge in [0.25, 0.3) is 0 Å². The van der Waals surface area contributed by atoms with Gasteiger partial charge in [0, 0.05) is 17.3 Å². The van der Waals surface area contributed by atoms with E-state index in [0.717, 1.165) is 30.2 Å². The van der Waals surface area contributed by atoms with E-state index >= 15 is 0 Å². The summed E-state index contributed by atoms with van der Waals surface area (Å²) in [6.07, 6.45) is 3.85. The summed E-state index contributed by atoms with van der Waals surface area (Å²) in [6, 6.07) is 0. The Morgan fingerprint density at radius 2 is 2.17 bits per heavy atom. The quantitative estimate of drug-likeness (QED) is 0.892. The molecule has 3 nitrogen and oxygen atoms in total. The molecule has 0 bridgehead atoms. The van der Waals surface area contributed by atoms with Crippen LogP contribution >= 0.6 is 11.3 Å². The van der Waals surface area contributed by atoms with Gasteiger partial charge in [-0.25, -0.2) is 4.98 Å². The first-order valence-corrected chi connectivity index (χ1v) is 7.78. The molecule has 0 aromatic carbocycles. The zero-order valence-corrected chi connectivity index (χ0v) is 12.5. The summed E-state index contributed by atoms with van der Waals surface area (Å²) in [5, 5.41) is 13.8. The molecule has 1 N–H and O–H groups in total. The fraction of sp³-hybridized carbons (Fsp3) is 0.786. The highest BCUT2D eigenvalue weighted by molar-refractivity contribution is 7.09. The van der Waals surface area contributed by atoms with Crippen molar-refractivity contribution in [3.63, 3.8) is 0 Å². The lowest BCUT2D eigenvalue weighted by molar-refractivity contribution is -0.0121. The minimum atomic E-state index is -0.331. The molecule has 0 spiro atoms. The summed E-state index contributed by atoms with van der Waals surface area (Å²) in [5.41, 5.74) is 0.928. The first-order chi connectivity index (χ1) is 8.56. The predicted octanol–water partition coefficient (Wildman–Crippen LogP) is 2.62. The Morgan fingerprint density at radius 1 is 1.50 bits per heavy atom. The van der Waals surface area contributed by atoms with E-state index in [0.29, 0.717) is 6.42 Å². The lowest BCUT2D eigenvalue weighted by atomic mass is 9.87. The van der Waals surface area contributed by atoms with Crippen LogP contribution in [0.25, 0.3) is 0 Å². The van der Waals surface area contributed by atoms with Gasteiger partial charge in [0.05, 0.1) is 16.8 Å². The molecule has 1 aliphatic rings. The zero-order valence-electron chi connectivity index (χ0n) is 11.6. The summed E-state index contributed by atoms with van der Waals surface area (Å²) in [4.78, 5) is 6.92. The van der Waals surface area contributed by atoms with Gasteiger partial charge >= 0.3 is 0 Å². The number of hydrogen-bond acceptors (Lipinski definition) is 4. The monoisotopic (exact) mass is 268 g/mol. The summed E-state index contributed by atoms with van der Waals surface area (Å²) in [5.74, 6) is 0. The lowest BCUT2D eigenvalue weighted by Crippen LogP contribution is -2.53. The van der Waals surface area contributed by atoms with Crippen LogP contribution in [-0.2, 0) is 6.42 Å². The topological polar surface area (TPSA) is 36.4 Å². The van der Waals surface area contributed by atoms with E-state index in [1.54, 1.807) is 11.3 Å². The summed E-state index contributed by atoms with van der Waals surface area (Å²) < 4.78 is 0. The van der Waals surface area contributed by atoms with Crippen LogP contribution in [0.2, 0.25) is 0 Å². The highest BCUT2D eigenvalue weighted by atomic mass is 32.1. The molecule has 1 saturated heterocycles. The van der Waals surface area contributed by atoms with E-state index in [-0.39, 0.29) is 11.6 Å². The number of rotatable bonds is 5. The van der Waals surface area contributed by atoms with E-state index in [9.17, 15) is 5.11 Å². The maximum absolute atomic E-state index is 10.6. The minimum Gasteiger partial charge on any atom is -0.391 e. The van der Waals surface area contributed by atoms with Gasteiger partial charge in [0.1, 0.15) is 0 Å². The number of thiazole rings is 1. The zero-order chi connectivity index (χ0) is 13.2. The molecular weight excluding hydrogens is 244 g/mol. The van der Waals surface area contributed by atoms with Crippen molar-refractivity contribution in [2.24, 2.45) is 0 Å². The van der Waals surface area contributed by atoms with Gasteiger partial charge in [-0.3, -0.25) is 4.90 Å². The average molecular weight is 268 g/mol. The molecule has 4 heteroatoms. The van der Waals surface area contributed by atoms with Gasteiger partial charge in [-0.2, -0.15) is 0 Å². The van der Waals surface area contributed by atoms with Crippen molar-refractivity contribution in [3.05, 3.63) is 16.1 Å².